The van der Waals surface area contributed by atoms with E-state index in [1.165, 1.54) is 56.9 Å². The summed E-state index contributed by atoms with van der Waals surface area (Å²) in [4.78, 5) is 28.1. The topological polar surface area (TPSA) is 82.1 Å². The van der Waals surface area contributed by atoms with Gasteiger partial charge >= 0.3 is 11.9 Å². The molecule has 0 aromatic rings. The second kappa shape index (κ2) is 13.1. The molecule has 3 saturated carbocycles. The molecule has 0 aromatic carbocycles. The first-order chi connectivity index (χ1) is 18.6. The minimum atomic E-state index is -0.482. The van der Waals surface area contributed by atoms with Gasteiger partial charge < -0.3 is 9.47 Å². The number of carbonyl (C=O) groups is 2. The van der Waals surface area contributed by atoms with Crippen molar-refractivity contribution in [3.63, 3.8) is 0 Å². The lowest BCUT2D eigenvalue weighted by atomic mass is 9.47. The van der Waals surface area contributed by atoms with Gasteiger partial charge in [-0.15, -0.1) is 0 Å². The molecular weight excluding hydrogens is 492 g/mol. The lowest BCUT2D eigenvalue weighted by Crippen LogP contribution is -2.51. The van der Waals surface area contributed by atoms with Gasteiger partial charge in [0.15, 0.2) is 0 Å². The Labute approximate surface area is 236 Å². The van der Waals surface area contributed by atoms with E-state index in [0.29, 0.717) is 5.41 Å². The molecule has 0 aliphatic heterocycles. The van der Waals surface area contributed by atoms with Gasteiger partial charge in [0.05, 0.1) is 12.8 Å². The molecule has 6 heteroatoms. The minimum Gasteiger partial charge on any atom is -0.463 e. The van der Waals surface area contributed by atoms with Crippen molar-refractivity contribution in [2.24, 2.45) is 46.3 Å². The number of rotatable bonds is 12. The maximum Gasteiger partial charge on any atom is 0.306 e. The number of esters is 2. The summed E-state index contributed by atoms with van der Waals surface area (Å²) in [6.07, 6.45) is 16.1. The molecule has 0 spiro atoms. The van der Waals surface area contributed by atoms with Gasteiger partial charge in [0.2, 0.25) is 0 Å². The van der Waals surface area contributed by atoms with Crippen molar-refractivity contribution in [3.05, 3.63) is 11.6 Å². The highest BCUT2D eigenvalue weighted by molar-refractivity contribution is 5.77. The maximum atomic E-state index is 12.4. The van der Waals surface area contributed by atoms with Gasteiger partial charge in [-0.3, -0.25) is 14.8 Å². The van der Waals surface area contributed by atoms with Crippen LogP contribution in [0.25, 0.3) is 0 Å². The molecule has 0 saturated heterocycles. The Morgan fingerprint density at radius 1 is 0.974 bits per heavy atom. The zero-order valence-corrected chi connectivity index (χ0v) is 25.2. The van der Waals surface area contributed by atoms with E-state index < -0.39 is 5.97 Å². The number of hydrogen-bond acceptors (Lipinski definition) is 6. The largest absolute Gasteiger partial charge is 0.463 e. The fraction of sp³-hybridized carbons (Fsp3) is 0.879. The van der Waals surface area contributed by atoms with Crippen molar-refractivity contribution in [1.29, 1.82) is 0 Å². The van der Waals surface area contributed by atoms with Crippen LogP contribution >= 0.6 is 0 Å². The summed E-state index contributed by atoms with van der Waals surface area (Å²) in [7, 11) is 0. The molecule has 222 valence electrons. The number of allylic oxidation sites excluding steroid dienone is 1. The molecule has 4 aliphatic carbocycles. The average Bonchev–Trinajstić information content (AvgIpc) is 3.25. The van der Waals surface area contributed by atoms with E-state index in [0.717, 1.165) is 54.8 Å². The lowest BCUT2D eigenvalue weighted by molar-refractivity contribution is -0.248. The Morgan fingerprint density at radius 2 is 1.74 bits per heavy atom. The Kier molecular flexibility index (Phi) is 10.2. The highest BCUT2D eigenvalue weighted by Crippen LogP contribution is 2.67. The molecule has 8 atom stereocenters. The molecule has 4 unspecified atom stereocenters. The molecule has 6 nitrogen and oxygen atoms in total. The Bertz CT molecular complexity index is 881. The minimum absolute atomic E-state index is 0.0152. The predicted molar refractivity (Wildman–Crippen MR) is 152 cm³/mol. The molecule has 4 aliphatic rings. The second-order valence-electron chi connectivity index (χ2n) is 14.2. The van der Waals surface area contributed by atoms with Crippen molar-refractivity contribution in [1.82, 2.24) is 0 Å². The number of carbonyl (C=O) groups excluding carboxylic acids is 2. The second-order valence-corrected chi connectivity index (χ2v) is 14.2. The molecule has 0 amide bonds. The third-order valence-corrected chi connectivity index (χ3v) is 11.5. The maximum absolute atomic E-state index is 12.4. The van der Waals surface area contributed by atoms with Gasteiger partial charge in [-0.2, -0.15) is 0 Å². The monoisotopic (exact) mass is 546 g/mol. The Hall–Kier alpha value is -1.40. The summed E-state index contributed by atoms with van der Waals surface area (Å²) >= 11 is 0. The van der Waals surface area contributed by atoms with Gasteiger partial charge in [0, 0.05) is 6.42 Å². The van der Waals surface area contributed by atoms with Crippen LogP contribution in [-0.2, 0) is 24.0 Å². The van der Waals surface area contributed by atoms with Crippen LogP contribution in [0, 0.1) is 46.3 Å². The van der Waals surface area contributed by atoms with Crippen molar-refractivity contribution in [2.45, 2.75) is 124 Å². The summed E-state index contributed by atoms with van der Waals surface area (Å²) in [5.41, 5.74) is 2.24. The summed E-state index contributed by atoms with van der Waals surface area (Å²) in [5, 5.41) is 8.30. The first-order valence-corrected chi connectivity index (χ1v) is 15.9. The highest BCUT2D eigenvalue weighted by atomic mass is 17.1. The molecule has 39 heavy (non-hydrogen) atoms. The van der Waals surface area contributed by atoms with Crippen LogP contribution in [0.15, 0.2) is 11.6 Å². The third-order valence-electron chi connectivity index (χ3n) is 11.5. The van der Waals surface area contributed by atoms with E-state index in [4.69, 9.17) is 14.7 Å². The van der Waals surface area contributed by atoms with E-state index in [9.17, 15) is 9.59 Å². The van der Waals surface area contributed by atoms with E-state index in [-0.39, 0.29) is 43.5 Å². The number of ether oxygens (including phenoxy) is 2. The molecular formula is C33H54O6. The average molecular weight is 547 g/mol. The fourth-order valence-electron chi connectivity index (χ4n) is 9.47. The number of fused-ring (bicyclic) bond motifs is 5. The SMILES string of the molecule is CC(C)CCCC(C)[C@H]1CCC2C3CC=C4C[C@@H](OC(=O)CCC(=O)OCCOO)CC[C@]4(C)C3CC[C@@]21C. The first kappa shape index (κ1) is 30.6. The molecule has 3 fully saturated rings. The van der Waals surface area contributed by atoms with Crippen LogP contribution in [0.1, 0.15) is 118 Å². The van der Waals surface area contributed by atoms with E-state index in [2.05, 4.69) is 45.6 Å². The molecule has 1 N–H and O–H groups in total. The van der Waals surface area contributed by atoms with E-state index in [1.54, 1.807) is 0 Å². The van der Waals surface area contributed by atoms with Crippen LogP contribution in [0.4, 0.5) is 0 Å². The summed E-state index contributed by atoms with van der Waals surface area (Å²) in [6.45, 7) is 12.3. The highest BCUT2D eigenvalue weighted by Gasteiger charge is 2.59. The zero-order chi connectivity index (χ0) is 28.2. The summed E-state index contributed by atoms with van der Waals surface area (Å²) < 4.78 is 10.7. The third kappa shape index (κ3) is 6.74. The number of hydrogen-bond donors (Lipinski definition) is 1. The summed E-state index contributed by atoms with van der Waals surface area (Å²) in [5.74, 6) is 4.11. The van der Waals surface area contributed by atoms with Gasteiger partial charge in [-0.1, -0.05) is 65.5 Å². The lowest BCUT2D eigenvalue weighted by Gasteiger charge is -2.58. The molecule has 4 rings (SSSR count). The van der Waals surface area contributed by atoms with Gasteiger partial charge in [-0.25, -0.2) is 4.89 Å². The molecule has 0 bridgehead atoms. The predicted octanol–water partition coefficient (Wildman–Crippen LogP) is 7.75. The van der Waals surface area contributed by atoms with E-state index in [1.807, 2.05) is 0 Å². The van der Waals surface area contributed by atoms with Gasteiger partial charge in [0.25, 0.3) is 0 Å². The smallest absolute Gasteiger partial charge is 0.306 e. The molecule has 0 heterocycles. The van der Waals surface area contributed by atoms with Crippen LogP contribution in [0.2, 0.25) is 0 Å². The molecule has 0 aromatic heterocycles. The van der Waals surface area contributed by atoms with Crippen molar-refractivity contribution >= 4 is 11.9 Å². The molecule has 0 radical (unpaired) electrons. The van der Waals surface area contributed by atoms with Crippen LogP contribution in [0.5, 0.6) is 0 Å². The Morgan fingerprint density at radius 3 is 2.49 bits per heavy atom. The van der Waals surface area contributed by atoms with Crippen molar-refractivity contribution in [2.75, 3.05) is 13.2 Å². The van der Waals surface area contributed by atoms with Gasteiger partial charge in [0.1, 0.15) is 19.3 Å². The fourth-order valence-corrected chi connectivity index (χ4v) is 9.47. The normalized spacial score (nSPS) is 36.4. The van der Waals surface area contributed by atoms with Crippen LogP contribution < -0.4 is 0 Å². The van der Waals surface area contributed by atoms with Crippen molar-refractivity contribution < 1.29 is 29.2 Å². The summed E-state index contributed by atoms with van der Waals surface area (Å²) in [6, 6.07) is 0. The quantitative estimate of drug-likeness (QED) is 0.0886. The van der Waals surface area contributed by atoms with E-state index >= 15 is 0 Å². The van der Waals surface area contributed by atoms with Crippen molar-refractivity contribution in [3.8, 4) is 0 Å². The standard InChI is InChI=1S/C33H54O6/c1-22(2)7-6-8-23(3)27-11-12-28-26-10-9-24-21-25(39-31(35)14-13-30(34)37-19-20-38-36)15-17-32(24,4)29(26)16-18-33(27,28)5/h9,22-23,25-29,36H,6-8,10-21H2,1-5H3/t23?,25-,26?,27+,28?,29?,32-,33+/m0/s1. The van der Waals surface area contributed by atoms with Crippen LogP contribution in [-0.4, -0.2) is 36.5 Å². The van der Waals surface area contributed by atoms with Gasteiger partial charge in [-0.05, 0) is 91.3 Å². The Balaban J connectivity index is 1.32. The first-order valence-electron chi connectivity index (χ1n) is 15.9. The zero-order valence-electron chi connectivity index (χ0n) is 25.2. The van der Waals surface area contributed by atoms with Crippen LogP contribution in [0.3, 0.4) is 0 Å².